The van der Waals surface area contributed by atoms with Gasteiger partial charge in [0, 0.05) is 0 Å². The van der Waals surface area contributed by atoms with Crippen molar-refractivity contribution in [2.24, 2.45) is 5.10 Å². The van der Waals surface area contributed by atoms with Crippen molar-refractivity contribution < 1.29 is 61.9 Å². The predicted octanol–water partition coefficient (Wildman–Crippen LogP) is 5.44. The summed E-state index contributed by atoms with van der Waals surface area (Å²) in [6.45, 7) is 1.76. The summed E-state index contributed by atoms with van der Waals surface area (Å²) in [4.78, 5) is 11.2. The first-order valence-electron chi connectivity index (χ1n) is 8.06. The summed E-state index contributed by atoms with van der Waals surface area (Å²) in [6, 6.07) is 5.54. The standard InChI is InChI=1S/C16H11F13N2O/c1-2-8-3-5-9(6-4-8)7-30-31-10(32)11(17,18)12(19,20)13(21,22)14(23,24)15(25,26)16(27,28)29/h3-7H,2H2,1H3,(H,31,32)/b30-7-. The highest BCUT2D eigenvalue weighted by Gasteiger charge is 2.91. The van der Waals surface area contributed by atoms with Crippen LogP contribution in [-0.2, 0) is 11.2 Å². The lowest BCUT2D eigenvalue weighted by Gasteiger charge is -2.38. The quantitative estimate of drug-likeness (QED) is 0.292. The Hall–Kier alpha value is -2.55. The van der Waals surface area contributed by atoms with Crippen molar-refractivity contribution in [2.75, 3.05) is 0 Å². The van der Waals surface area contributed by atoms with Gasteiger partial charge >= 0.3 is 41.7 Å². The van der Waals surface area contributed by atoms with Crippen molar-refractivity contribution in [3.63, 3.8) is 0 Å². The second-order valence-corrected chi connectivity index (χ2v) is 6.16. The molecule has 0 aliphatic rings. The Bertz CT molecular complexity index is 844. The molecular weight excluding hydrogens is 483 g/mol. The number of nitrogens with one attached hydrogen (secondary N) is 1. The summed E-state index contributed by atoms with van der Waals surface area (Å²) >= 11 is 0. The fourth-order valence-corrected chi connectivity index (χ4v) is 1.99. The lowest BCUT2D eigenvalue weighted by Crippen LogP contribution is -2.71. The molecule has 1 rings (SSSR count). The third-order valence-electron chi connectivity index (χ3n) is 3.99. The highest BCUT2D eigenvalue weighted by molar-refractivity contribution is 5.87. The van der Waals surface area contributed by atoms with E-state index in [4.69, 9.17) is 0 Å². The van der Waals surface area contributed by atoms with Gasteiger partial charge in [-0.1, -0.05) is 31.2 Å². The third-order valence-corrected chi connectivity index (χ3v) is 3.99. The molecule has 0 bridgehead atoms. The van der Waals surface area contributed by atoms with E-state index in [1.54, 1.807) is 6.92 Å². The minimum absolute atomic E-state index is 0.0549. The van der Waals surface area contributed by atoms with E-state index in [2.05, 4.69) is 5.10 Å². The number of benzene rings is 1. The molecule has 0 atom stereocenters. The Balaban J connectivity index is 3.20. The van der Waals surface area contributed by atoms with Gasteiger partial charge < -0.3 is 0 Å². The Morgan fingerprint density at radius 3 is 1.62 bits per heavy atom. The zero-order valence-electron chi connectivity index (χ0n) is 15.4. The van der Waals surface area contributed by atoms with Crippen LogP contribution in [0.25, 0.3) is 0 Å². The number of rotatable bonds is 8. The van der Waals surface area contributed by atoms with Gasteiger partial charge in [-0.3, -0.25) is 4.79 Å². The summed E-state index contributed by atoms with van der Waals surface area (Å²) in [5, 5.41) is 2.71. The fourth-order valence-electron chi connectivity index (χ4n) is 1.99. The van der Waals surface area contributed by atoms with Crippen LogP contribution in [0.2, 0.25) is 0 Å². The number of carbonyl (C=O) groups excluding carboxylic acids is 1. The molecule has 0 aliphatic carbocycles. The van der Waals surface area contributed by atoms with Gasteiger partial charge in [-0.25, -0.2) is 5.43 Å². The molecule has 0 saturated carbocycles. The number of nitrogens with zero attached hydrogens (tertiary/aromatic N) is 1. The van der Waals surface area contributed by atoms with E-state index in [-0.39, 0.29) is 5.56 Å². The fraction of sp³-hybridized carbons (Fsp3) is 0.500. The highest BCUT2D eigenvalue weighted by atomic mass is 19.4. The number of carbonyl (C=O) groups is 1. The number of amides is 1. The van der Waals surface area contributed by atoms with Crippen molar-refractivity contribution >= 4 is 12.1 Å². The molecule has 0 unspecified atom stereocenters. The first-order chi connectivity index (χ1) is 14.2. The number of hydrazone groups is 1. The summed E-state index contributed by atoms with van der Waals surface area (Å²) < 4.78 is 168. The molecule has 1 aromatic rings. The van der Waals surface area contributed by atoms with Crippen LogP contribution in [0.3, 0.4) is 0 Å². The van der Waals surface area contributed by atoms with Gasteiger partial charge in [-0.2, -0.15) is 62.2 Å². The maximum Gasteiger partial charge on any atom is 0.460 e. The van der Waals surface area contributed by atoms with Crippen LogP contribution in [0.4, 0.5) is 57.1 Å². The first kappa shape index (κ1) is 27.5. The van der Waals surface area contributed by atoms with E-state index in [0.29, 0.717) is 18.1 Å². The summed E-state index contributed by atoms with van der Waals surface area (Å²) in [6.07, 6.45) is -6.41. The van der Waals surface area contributed by atoms with Crippen LogP contribution in [0.15, 0.2) is 29.4 Å². The molecule has 0 saturated heterocycles. The van der Waals surface area contributed by atoms with Gasteiger partial charge in [-0.15, -0.1) is 0 Å². The normalized spacial score (nSPS) is 14.7. The summed E-state index contributed by atoms with van der Waals surface area (Å²) in [5.74, 6) is -42.1. The monoisotopic (exact) mass is 494 g/mol. The molecule has 0 spiro atoms. The number of aryl methyl sites for hydroxylation is 1. The molecule has 0 radical (unpaired) electrons. The highest BCUT2D eigenvalue weighted by Crippen LogP contribution is 2.60. The Labute approximate surface area is 170 Å². The van der Waals surface area contributed by atoms with Crippen molar-refractivity contribution in [1.29, 1.82) is 0 Å². The zero-order chi connectivity index (χ0) is 25.4. The van der Waals surface area contributed by atoms with Crippen LogP contribution in [0, 0.1) is 0 Å². The molecule has 0 fully saturated rings. The smallest absolute Gasteiger partial charge is 0.266 e. The van der Waals surface area contributed by atoms with Gasteiger partial charge in [0.25, 0.3) is 0 Å². The van der Waals surface area contributed by atoms with Gasteiger partial charge in [0.05, 0.1) is 6.21 Å². The van der Waals surface area contributed by atoms with Crippen LogP contribution >= 0.6 is 0 Å². The number of hydrogen-bond donors (Lipinski definition) is 1. The van der Waals surface area contributed by atoms with Crippen molar-refractivity contribution in [3.8, 4) is 0 Å². The minimum atomic E-state index is -8.07. The maximum absolute atomic E-state index is 13.6. The molecular formula is C16H11F13N2O. The first-order valence-corrected chi connectivity index (χ1v) is 8.06. The SMILES string of the molecule is CCc1ccc(/C=N\NC(=O)C(F)(F)C(F)(F)C(F)(F)C(F)(F)C(F)(F)C(F)(F)F)cc1. The largest absolute Gasteiger partial charge is 0.460 e. The van der Waals surface area contributed by atoms with Crippen LogP contribution < -0.4 is 5.43 Å². The molecule has 0 heterocycles. The van der Waals surface area contributed by atoms with Gasteiger partial charge in [0.15, 0.2) is 0 Å². The van der Waals surface area contributed by atoms with Gasteiger partial charge in [0.2, 0.25) is 0 Å². The van der Waals surface area contributed by atoms with Crippen molar-refractivity contribution in [1.82, 2.24) is 5.43 Å². The summed E-state index contributed by atoms with van der Waals surface area (Å²) in [5.41, 5.74) is 1.44. The number of halogens is 13. The molecule has 0 aliphatic heterocycles. The van der Waals surface area contributed by atoms with E-state index in [0.717, 1.165) is 5.56 Å². The van der Waals surface area contributed by atoms with Gasteiger partial charge in [-0.05, 0) is 17.5 Å². The summed E-state index contributed by atoms with van der Waals surface area (Å²) in [7, 11) is 0. The average molecular weight is 494 g/mol. The second kappa shape index (κ2) is 8.42. The lowest BCUT2D eigenvalue weighted by molar-refractivity contribution is -0.436. The second-order valence-electron chi connectivity index (χ2n) is 6.16. The lowest BCUT2D eigenvalue weighted by atomic mass is 9.93. The molecule has 1 amide bonds. The molecule has 0 aromatic heterocycles. The minimum Gasteiger partial charge on any atom is -0.266 e. The molecule has 1 N–H and O–H groups in total. The molecule has 1 aromatic carbocycles. The van der Waals surface area contributed by atoms with E-state index in [9.17, 15) is 61.9 Å². The van der Waals surface area contributed by atoms with Crippen molar-refractivity contribution in [2.45, 2.75) is 49.1 Å². The van der Waals surface area contributed by atoms with Gasteiger partial charge in [0.1, 0.15) is 0 Å². The van der Waals surface area contributed by atoms with E-state index in [1.165, 1.54) is 24.3 Å². The topological polar surface area (TPSA) is 41.5 Å². The number of alkyl halides is 13. The average Bonchev–Trinajstić information content (AvgIpc) is 2.66. The molecule has 3 nitrogen and oxygen atoms in total. The van der Waals surface area contributed by atoms with E-state index >= 15 is 0 Å². The maximum atomic E-state index is 13.6. The molecule has 16 heteroatoms. The molecule has 32 heavy (non-hydrogen) atoms. The van der Waals surface area contributed by atoms with E-state index < -0.39 is 41.7 Å². The van der Waals surface area contributed by atoms with Crippen LogP contribution in [-0.4, -0.2) is 47.9 Å². The Morgan fingerprint density at radius 1 is 0.781 bits per heavy atom. The zero-order valence-corrected chi connectivity index (χ0v) is 15.4. The van der Waals surface area contributed by atoms with Crippen LogP contribution in [0.5, 0.6) is 0 Å². The number of hydrogen-bond acceptors (Lipinski definition) is 2. The Morgan fingerprint density at radius 2 is 1.22 bits per heavy atom. The molecule has 182 valence electrons. The predicted molar refractivity (Wildman–Crippen MR) is 82.3 cm³/mol. The van der Waals surface area contributed by atoms with Crippen LogP contribution in [0.1, 0.15) is 18.1 Å². The Kier molecular flexibility index (Phi) is 7.23. The van der Waals surface area contributed by atoms with Crippen molar-refractivity contribution in [3.05, 3.63) is 35.4 Å². The van der Waals surface area contributed by atoms with E-state index in [1.807, 2.05) is 0 Å². The third kappa shape index (κ3) is 4.35.